The summed E-state index contributed by atoms with van der Waals surface area (Å²) in [7, 11) is 0. The van der Waals surface area contributed by atoms with Crippen LogP contribution in [0.15, 0.2) is 12.2 Å². The Morgan fingerprint density at radius 1 is 0.396 bits per heavy atom. The van der Waals surface area contributed by atoms with Crippen molar-refractivity contribution in [3.63, 3.8) is 0 Å². The molecule has 282 valence electrons. The number of hydrogen-bond acceptors (Lipinski definition) is 6. The molecule has 0 aromatic rings. The molecule has 0 aliphatic rings. The summed E-state index contributed by atoms with van der Waals surface area (Å²) < 4.78 is 16.5. The summed E-state index contributed by atoms with van der Waals surface area (Å²) in [5.41, 5.74) is 0. The van der Waals surface area contributed by atoms with Crippen LogP contribution >= 0.6 is 0 Å². The van der Waals surface area contributed by atoms with E-state index in [-0.39, 0.29) is 31.1 Å². The van der Waals surface area contributed by atoms with E-state index in [1.165, 1.54) is 109 Å². The van der Waals surface area contributed by atoms with Crippen molar-refractivity contribution >= 4 is 17.9 Å². The maximum Gasteiger partial charge on any atom is 0.306 e. The highest BCUT2D eigenvalue weighted by Gasteiger charge is 2.19. The van der Waals surface area contributed by atoms with Crippen molar-refractivity contribution in [1.82, 2.24) is 0 Å². The first kappa shape index (κ1) is 46.1. The molecule has 48 heavy (non-hydrogen) atoms. The minimum atomic E-state index is -0.762. The van der Waals surface area contributed by atoms with Crippen LogP contribution < -0.4 is 0 Å². The summed E-state index contributed by atoms with van der Waals surface area (Å²) in [6.07, 6.45) is 37.9. The number of hydrogen-bond donors (Lipinski definition) is 0. The molecular weight excluding hydrogens is 600 g/mol. The summed E-state index contributed by atoms with van der Waals surface area (Å²) in [5, 5.41) is 0. The van der Waals surface area contributed by atoms with Gasteiger partial charge in [0, 0.05) is 19.3 Å². The number of rotatable bonds is 37. The van der Waals surface area contributed by atoms with Crippen LogP contribution in [-0.2, 0) is 28.6 Å². The van der Waals surface area contributed by atoms with Crippen molar-refractivity contribution < 1.29 is 28.6 Å². The van der Waals surface area contributed by atoms with Gasteiger partial charge >= 0.3 is 17.9 Å². The molecule has 0 spiro atoms. The third kappa shape index (κ3) is 35.5. The van der Waals surface area contributed by atoms with Crippen LogP contribution in [0.5, 0.6) is 0 Å². The molecule has 0 N–H and O–H groups in total. The fourth-order valence-electron chi connectivity index (χ4n) is 5.85. The summed E-state index contributed by atoms with van der Waals surface area (Å²) in [6.45, 7) is 6.52. The first-order chi connectivity index (χ1) is 23.5. The lowest BCUT2D eigenvalue weighted by atomic mass is 10.0. The van der Waals surface area contributed by atoms with Crippen molar-refractivity contribution in [2.45, 2.75) is 226 Å². The molecule has 0 fully saturated rings. The van der Waals surface area contributed by atoms with E-state index in [1.807, 2.05) is 0 Å². The molecule has 1 atom stereocenters. The van der Waals surface area contributed by atoms with E-state index in [0.29, 0.717) is 19.3 Å². The van der Waals surface area contributed by atoms with E-state index < -0.39 is 6.10 Å². The molecule has 0 rings (SSSR count). The molecule has 0 bridgehead atoms. The van der Waals surface area contributed by atoms with Crippen molar-refractivity contribution in [2.24, 2.45) is 0 Å². The second-order valence-corrected chi connectivity index (χ2v) is 13.9. The Morgan fingerprint density at radius 3 is 1.06 bits per heavy atom. The quantitative estimate of drug-likeness (QED) is 0.0282. The molecule has 0 radical (unpaired) electrons. The molecule has 0 heterocycles. The van der Waals surface area contributed by atoms with E-state index in [0.717, 1.165) is 70.6 Å². The van der Waals surface area contributed by atoms with E-state index >= 15 is 0 Å². The van der Waals surface area contributed by atoms with Crippen LogP contribution in [0, 0.1) is 0 Å². The second-order valence-electron chi connectivity index (χ2n) is 13.9. The van der Waals surface area contributed by atoms with E-state index in [9.17, 15) is 14.4 Å². The Bertz CT molecular complexity index is 748. The summed E-state index contributed by atoms with van der Waals surface area (Å²) in [4.78, 5) is 37.3. The van der Waals surface area contributed by atoms with Crippen LogP contribution in [0.3, 0.4) is 0 Å². The van der Waals surface area contributed by atoms with Crippen molar-refractivity contribution in [3.8, 4) is 0 Å². The maximum atomic E-state index is 12.6. The average molecular weight is 679 g/mol. The zero-order valence-electron chi connectivity index (χ0n) is 32.0. The summed E-state index contributed by atoms with van der Waals surface area (Å²) in [5.74, 6) is -0.891. The van der Waals surface area contributed by atoms with Gasteiger partial charge in [-0.3, -0.25) is 14.4 Å². The predicted octanol–water partition coefficient (Wildman–Crippen LogP) is 12.7. The standard InChI is InChI=1S/C42H78O6/c1-4-7-10-13-15-17-19-21-23-24-26-29-32-35-41(44)47-38-39(37-46-40(43)34-31-28-12-9-6-3)48-42(45)36-33-30-27-25-22-20-18-16-14-11-8-5-2/h17,19,39H,4-16,18,20-38H2,1-3H3/b19-17-. The zero-order valence-corrected chi connectivity index (χ0v) is 32.0. The number of carbonyl (C=O) groups is 3. The Labute approximate surface area is 297 Å². The highest BCUT2D eigenvalue weighted by atomic mass is 16.6. The fraction of sp³-hybridized carbons (Fsp3) is 0.881. The highest BCUT2D eigenvalue weighted by Crippen LogP contribution is 2.14. The van der Waals surface area contributed by atoms with Crippen LogP contribution in [0.4, 0.5) is 0 Å². The molecule has 0 saturated carbocycles. The zero-order chi connectivity index (χ0) is 35.2. The Balaban J connectivity index is 4.26. The third-order valence-corrected chi connectivity index (χ3v) is 9.02. The van der Waals surface area contributed by atoms with Crippen molar-refractivity contribution in [3.05, 3.63) is 12.2 Å². The molecular formula is C42H78O6. The van der Waals surface area contributed by atoms with Gasteiger partial charge in [-0.25, -0.2) is 0 Å². The molecule has 0 saturated heterocycles. The Hall–Kier alpha value is -1.85. The number of carbonyl (C=O) groups excluding carboxylic acids is 3. The lowest BCUT2D eigenvalue weighted by Gasteiger charge is -2.18. The lowest BCUT2D eigenvalue weighted by molar-refractivity contribution is -0.167. The Morgan fingerprint density at radius 2 is 0.688 bits per heavy atom. The minimum Gasteiger partial charge on any atom is -0.462 e. The van der Waals surface area contributed by atoms with Crippen molar-refractivity contribution in [2.75, 3.05) is 13.2 Å². The third-order valence-electron chi connectivity index (χ3n) is 9.02. The normalized spacial score (nSPS) is 12.0. The van der Waals surface area contributed by atoms with Gasteiger partial charge in [0.25, 0.3) is 0 Å². The summed E-state index contributed by atoms with van der Waals surface area (Å²) in [6, 6.07) is 0. The Kier molecular flexibility index (Phi) is 36.5. The summed E-state index contributed by atoms with van der Waals surface area (Å²) >= 11 is 0. The number of allylic oxidation sites excluding steroid dienone is 2. The van der Waals surface area contributed by atoms with Gasteiger partial charge in [0.1, 0.15) is 13.2 Å². The fourth-order valence-corrected chi connectivity index (χ4v) is 5.85. The number of esters is 3. The maximum absolute atomic E-state index is 12.6. The second kappa shape index (κ2) is 38.0. The average Bonchev–Trinajstić information content (AvgIpc) is 3.08. The van der Waals surface area contributed by atoms with E-state index in [2.05, 4.69) is 32.9 Å². The largest absolute Gasteiger partial charge is 0.462 e. The first-order valence-electron chi connectivity index (χ1n) is 20.7. The van der Waals surface area contributed by atoms with Crippen LogP contribution in [-0.4, -0.2) is 37.2 Å². The van der Waals surface area contributed by atoms with Gasteiger partial charge in [-0.1, -0.05) is 168 Å². The smallest absolute Gasteiger partial charge is 0.306 e. The molecule has 0 aromatic heterocycles. The predicted molar refractivity (Wildman–Crippen MR) is 201 cm³/mol. The van der Waals surface area contributed by atoms with Crippen LogP contribution in [0.1, 0.15) is 220 Å². The number of unbranched alkanes of at least 4 members (excludes halogenated alkanes) is 24. The van der Waals surface area contributed by atoms with Gasteiger partial charge in [0.15, 0.2) is 6.10 Å². The first-order valence-corrected chi connectivity index (χ1v) is 20.7. The van der Waals surface area contributed by atoms with Gasteiger partial charge in [0.05, 0.1) is 0 Å². The molecule has 0 aliphatic carbocycles. The van der Waals surface area contributed by atoms with Crippen molar-refractivity contribution in [1.29, 1.82) is 0 Å². The molecule has 0 amide bonds. The molecule has 1 unspecified atom stereocenters. The monoisotopic (exact) mass is 679 g/mol. The molecule has 0 aliphatic heterocycles. The SMILES string of the molecule is CCCCCC/C=C\CCCCCCCC(=O)OCC(COC(=O)CCCCCCC)OC(=O)CCCCCCCCCCCCCC. The van der Waals surface area contributed by atoms with E-state index in [4.69, 9.17) is 14.2 Å². The number of ether oxygens (including phenoxy) is 3. The van der Waals surface area contributed by atoms with Crippen LogP contribution in [0.2, 0.25) is 0 Å². The molecule has 0 aromatic carbocycles. The molecule has 6 heteroatoms. The molecule has 6 nitrogen and oxygen atoms in total. The van der Waals surface area contributed by atoms with Gasteiger partial charge in [0.2, 0.25) is 0 Å². The highest BCUT2D eigenvalue weighted by molar-refractivity contribution is 5.71. The minimum absolute atomic E-state index is 0.0710. The van der Waals surface area contributed by atoms with E-state index in [1.54, 1.807) is 0 Å². The lowest BCUT2D eigenvalue weighted by Crippen LogP contribution is -2.30. The van der Waals surface area contributed by atoms with Gasteiger partial charge < -0.3 is 14.2 Å². The van der Waals surface area contributed by atoms with Gasteiger partial charge in [-0.05, 0) is 44.9 Å². The van der Waals surface area contributed by atoms with Gasteiger partial charge in [-0.2, -0.15) is 0 Å². The topological polar surface area (TPSA) is 78.9 Å². The van der Waals surface area contributed by atoms with Crippen LogP contribution in [0.25, 0.3) is 0 Å². The van der Waals surface area contributed by atoms with Gasteiger partial charge in [-0.15, -0.1) is 0 Å².